The Hall–Kier alpha value is -0.590. The molecule has 0 aromatic rings. The van der Waals surface area contributed by atoms with Gasteiger partial charge >= 0.3 is 0 Å². The fourth-order valence-corrected chi connectivity index (χ4v) is 2.81. The Morgan fingerprint density at radius 1 is 1.23 bits per heavy atom. The quantitative estimate of drug-likeness (QED) is 0.557. The summed E-state index contributed by atoms with van der Waals surface area (Å²) in [5.74, 6) is 1.53. The second-order valence-electron chi connectivity index (χ2n) is 4.48. The van der Waals surface area contributed by atoms with Gasteiger partial charge in [-0.2, -0.15) is 0 Å². The van der Waals surface area contributed by atoms with E-state index in [4.69, 9.17) is 0 Å². The molecule has 1 fully saturated rings. The van der Waals surface area contributed by atoms with Gasteiger partial charge in [0.05, 0.1) is 0 Å². The topological polar surface area (TPSA) is 17.1 Å². The molecule has 0 spiro atoms. The molecule has 1 nitrogen and oxygen atoms in total. The van der Waals surface area contributed by atoms with Crippen LogP contribution in [0.25, 0.3) is 0 Å². The number of Topliss-reactive ketones (excluding diaryl/α,β-unsaturated/α-hetero) is 1. The monoisotopic (exact) mass is 178 g/mol. The van der Waals surface area contributed by atoms with Crippen molar-refractivity contribution in [3.8, 4) is 0 Å². The molecular formula is C12H18O. The molecule has 72 valence electrons. The number of carbonyl (C=O) groups is 1. The zero-order valence-corrected chi connectivity index (χ0v) is 8.38. The predicted octanol–water partition coefficient (Wildman–Crippen LogP) is 3.10. The SMILES string of the molecule is CC1=CCC[C@@H]2CCCC[C@@H]2C1=O. The van der Waals surface area contributed by atoms with Crippen LogP contribution < -0.4 is 0 Å². The van der Waals surface area contributed by atoms with Crippen LogP contribution in [0.15, 0.2) is 11.6 Å². The van der Waals surface area contributed by atoms with Crippen LogP contribution >= 0.6 is 0 Å². The molecular weight excluding hydrogens is 160 g/mol. The minimum absolute atomic E-state index is 0.382. The third-order valence-corrected chi connectivity index (χ3v) is 3.62. The first-order valence-corrected chi connectivity index (χ1v) is 5.50. The van der Waals surface area contributed by atoms with Gasteiger partial charge in [0.15, 0.2) is 5.78 Å². The van der Waals surface area contributed by atoms with E-state index in [-0.39, 0.29) is 0 Å². The van der Waals surface area contributed by atoms with E-state index in [1.807, 2.05) is 6.92 Å². The van der Waals surface area contributed by atoms with Gasteiger partial charge in [-0.1, -0.05) is 18.9 Å². The van der Waals surface area contributed by atoms with Crippen molar-refractivity contribution in [1.82, 2.24) is 0 Å². The lowest BCUT2D eigenvalue weighted by Crippen LogP contribution is -2.26. The third-order valence-electron chi connectivity index (χ3n) is 3.62. The first-order valence-electron chi connectivity index (χ1n) is 5.50. The number of hydrogen-bond acceptors (Lipinski definition) is 1. The van der Waals surface area contributed by atoms with Crippen LogP contribution in [0.1, 0.15) is 45.4 Å². The molecule has 0 unspecified atom stereocenters. The molecule has 0 heterocycles. The summed E-state index contributed by atoms with van der Waals surface area (Å²) in [5, 5.41) is 0. The van der Waals surface area contributed by atoms with E-state index in [2.05, 4.69) is 6.08 Å². The van der Waals surface area contributed by atoms with E-state index in [1.54, 1.807) is 0 Å². The van der Waals surface area contributed by atoms with E-state index in [0.717, 1.165) is 18.4 Å². The fraction of sp³-hybridized carbons (Fsp3) is 0.750. The van der Waals surface area contributed by atoms with E-state index < -0.39 is 0 Å². The zero-order valence-electron chi connectivity index (χ0n) is 8.38. The van der Waals surface area contributed by atoms with Gasteiger partial charge in [0.2, 0.25) is 0 Å². The molecule has 2 atom stereocenters. The number of ketones is 1. The van der Waals surface area contributed by atoms with E-state index in [1.165, 1.54) is 25.7 Å². The first-order chi connectivity index (χ1) is 6.29. The summed E-state index contributed by atoms with van der Waals surface area (Å²) in [6, 6.07) is 0. The van der Waals surface area contributed by atoms with Crippen molar-refractivity contribution in [2.24, 2.45) is 11.8 Å². The minimum atomic E-state index is 0.382. The molecule has 0 aromatic carbocycles. The largest absolute Gasteiger partial charge is 0.294 e. The molecule has 2 rings (SSSR count). The number of allylic oxidation sites excluding steroid dienone is 2. The van der Waals surface area contributed by atoms with Crippen LogP contribution in [0.5, 0.6) is 0 Å². The fourth-order valence-electron chi connectivity index (χ4n) is 2.81. The van der Waals surface area contributed by atoms with Gasteiger partial charge in [-0.3, -0.25) is 4.79 Å². The van der Waals surface area contributed by atoms with Crippen molar-refractivity contribution >= 4 is 5.78 Å². The molecule has 0 radical (unpaired) electrons. The number of hydrogen-bond donors (Lipinski definition) is 0. The summed E-state index contributed by atoms with van der Waals surface area (Å²) in [4.78, 5) is 11.9. The Morgan fingerprint density at radius 2 is 2.00 bits per heavy atom. The first kappa shape index (κ1) is 8.98. The highest BCUT2D eigenvalue weighted by Crippen LogP contribution is 2.37. The summed E-state index contributed by atoms with van der Waals surface area (Å²) in [6.07, 6.45) is 9.55. The Kier molecular flexibility index (Phi) is 2.52. The zero-order chi connectivity index (χ0) is 9.26. The number of carbonyl (C=O) groups excluding carboxylic acids is 1. The van der Waals surface area contributed by atoms with Crippen LogP contribution in [0.2, 0.25) is 0 Å². The molecule has 1 heteroatoms. The van der Waals surface area contributed by atoms with Crippen molar-refractivity contribution in [3.63, 3.8) is 0 Å². The number of fused-ring (bicyclic) bond motifs is 1. The summed E-state index contributed by atoms with van der Waals surface area (Å²) in [7, 11) is 0. The van der Waals surface area contributed by atoms with Crippen molar-refractivity contribution in [3.05, 3.63) is 11.6 Å². The van der Waals surface area contributed by atoms with Crippen molar-refractivity contribution in [1.29, 1.82) is 0 Å². The molecule has 13 heavy (non-hydrogen) atoms. The lowest BCUT2D eigenvalue weighted by Gasteiger charge is -2.28. The van der Waals surface area contributed by atoms with Gasteiger partial charge in [0.1, 0.15) is 0 Å². The summed E-state index contributed by atoms with van der Waals surface area (Å²) in [6.45, 7) is 1.99. The van der Waals surface area contributed by atoms with Crippen LogP contribution in [-0.2, 0) is 4.79 Å². The highest BCUT2D eigenvalue weighted by atomic mass is 16.1. The molecule has 0 amide bonds. The number of rotatable bonds is 0. The lowest BCUT2D eigenvalue weighted by molar-refractivity contribution is -0.121. The predicted molar refractivity (Wildman–Crippen MR) is 53.4 cm³/mol. The van der Waals surface area contributed by atoms with E-state index >= 15 is 0 Å². The Balaban J connectivity index is 2.17. The third kappa shape index (κ3) is 1.70. The molecule has 0 bridgehead atoms. The van der Waals surface area contributed by atoms with Crippen molar-refractivity contribution in [2.75, 3.05) is 0 Å². The maximum Gasteiger partial charge on any atom is 0.161 e. The smallest absolute Gasteiger partial charge is 0.161 e. The standard InChI is InChI=1S/C12H18O/c1-9-5-4-7-10-6-2-3-8-11(10)12(9)13/h5,10-11H,2-4,6-8H2,1H3/t10-,11-/m0/s1. The van der Waals surface area contributed by atoms with Crippen LogP contribution in [0, 0.1) is 11.8 Å². The van der Waals surface area contributed by atoms with Gasteiger partial charge in [-0.15, -0.1) is 0 Å². The van der Waals surface area contributed by atoms with E-state index in [0.29, 0.717) is 17.6 Å². The second kappa shape index (κ2) is 3.65. The summed E-state index contributed by atoms with van der Waals surface area (Å²) >= 11 is 0. The lowest BCUT2D eigenvalue weighted by atomic mass is 9.75. The van der Waals surface area contributed by atoms with Crippen molar-refractivity contribution in [2.45, 2.75) is 45.4 Å². The molecule has 2 aliphatic carbocycles. The van der Waals surface area contributed by atoms with Gasteiger partial charge in [-0.05, 0) is 44.1 Å². The molecule has 0 saturated heterocycles. The molecule has 1 saturated carbocycles. The Labute approximate surface area is 80.2 Å². The molecule has 2 aliphatic rings. The Morgan fingerprint density at radius 3 is 2.85 bits per heavy atom. The average Bonchev–Trinajstić information content (AvgIpc) is 2.29. The second-order valence-corrected chi connectivity index (χ2v) is 4.48. The van der Waals surface area contributed by atoms with Crippen LogP contribution in [-0.4, -0.2) is 5.78 Å². The average molecular weight is 178 g/mol. The highest BCUT2D eigenvalue weighted by molar-refractivity contribution is 5.97. The summed E-state index contributed by atoms with van der Waals surface area (Å²) in [5.41, 5.74) is 1.02. The van der Waals surface area contributed by atoms with Crippen molar-refractivity contribution < 1.29 is 4.79 Å². The van der Waals surface area contributed by atoms with Gasteiger partial charge in [0, 0.05) is 5.92 Å². The van der Waals surface area contributed by atoms with E-state index in [9.17, 15) is 4.79 Å². The molecule has 0 aromatic heterocycles. The van der Waals surface area contributed by atoms with Gasteiger partial charge < -0.3 is 0 Å². The normalized spacial score (nSPS) is 34.8. The van der Waals surface area contributed by atoms with Gasteiger partial charge in [0.25, 0.3) is 0 Å². The van der Waals surface area contributed by atoms with Crippen LogP contribution in [0.4, 0.5) is 0 Å². The highest BCUT2D eigenvalue weighted by Gasteiger charge is 2.32. The molecule has 0 N–H and O–H groups in total. The van der Waals surface area contributed by atoms with Crippen LogP contribution in [0.3, 0.4) is 0 Å². The molecule has 0 aliphatic heterocycles. The minimum Gasteiger partial charge on any atom is -0.294 e. The Bertz CT molecular complexity index is 240. The van der Waals surface area contributed by atoms with Gasteiger partial charge in [-0.25, -0.2) is 0 Å². The summed E-state index contributed by atoms with van der Waals surface area (Å²) < 4.78 is 0. The maximum absolute atomic E-state index is 11.9. The maximum atomic E-state index is 11.9.